The van der Waals surface area contributed by atoms with Crippen LogP contribution in [-0.4, -0.2) is 347 Å². The number of H-pyrrole nitrogens is 1. The molecule has 1 aliphatic heterocycles. The molecule has 142 heavy (non-hydrogen) atoms. The third-order valence-electron chi connectivity index (χ3n) is 23.0. The molecule has 50 nitrogen and oxygen atoms in total. The summed E-state index contributed by atoms with van der Waals surface area (Å²) in [5.74, 6) is -20.3. The highest BCUT2D eigenvalue weighted by molar-refractivity contribution is 7.98. The van der Waals surface area contributed by atoms with Gasteiger partial charge in [-0.1, -0.05) is 78.6 Å². The van der Waals surface area contributed by atoms with Crippen LogP contribution in [0.2, 0.25) is 0 Å². The lowest BCUT2D eigenvalue weighted by Gasteiger charge is -2.30. The molecule has 0 spiro atoms. The number of benzene rings is 2. The summed E-state index contributed by atoms with van der Waals surface area (Å²) in [5, 5.41) is 124. The van der Waals surface area contributed by atoms with Crippen LogP contribution in [0.25, 0.3) is 0 Å². The lowest BCUT2D eigenvalue weighted by atomic mass is 9.96. The van der Waals surface area contributed by atoms with E-state index in [0.29, 0.717) is 36.2 Å². The van der Waals surface area contributed by atoms with Crippen LogP contribution < -0.4 is 108 Å². The van der Waals surface area contributed by atoms with Crippen molar-refractivity contribution in [2.45, 2.75) is 280 Å². The van der Waals surface area contributed by atoms with Gasteiger partial charge in [-0.15, -0.1) is 0 Å². The molecule has 0 radical (unpaired) electrons. The number of hydrogen-bond donors (Lipinski definition) is 29. The largest absolute Gasteiger partial charge is 0.508 e. The maximum atomic E-state index is 14.6. The quantitative estimate of drug-likeness (QED) is 0.0233. The van der Waals surface area contributed by atoms with Crippen LogP contribution in [0.5, 0.6) is 11.5 Å². The zero-order valence-electron chi connectivity index (χ0n) is 81.8. The molecule has 51 heteroatoms. The predicted octanol–water partition coefficient (Wildman–Crippen LogP) is -8.32. The zero-order chi connectivity index (χ0) is 106. The van der Waals surface area contributed by atoms with E-state index in [1.54, 1.807) is 47.8 Å². The minimum atomic E-state index is -1.89. The Labute approximate surface area is 826 Å². The molecule has 3 aromatic rings. The number of amides is 18. The van der Waals surface area contributed by atoms with E-state index in [9.17, 15) is 132 Å². The summed E-state index contributed by atoms with van der Waals surface area (Å²) in [4.78, 5) is 271. The molecule has 1 fully saturated rings. The average molecular weight is 2030 g/mol. The maximum Gasteiger partial charge on any atom is 0.326 e. The second-order valence-electron chi connectivity index (χ2n) is 35.8. The summed E-state index contributed by atoms with van der Waals surface area (Å²) in [6.07, 6.45) is 2.19. The maximum absolute atomic E-state index is 14.6. The SMILES string of the molecule is CC[C@H](C)[C@H](NC(=O)[C@H](Cc1cnc[nH]1)NC(=O)[C@H](C)NC(=O)[C@@H]1CCCN1C(=O)[C@H](CO)NC(=O)[C@H](CCCCN)NC(=O)[C@@H](NC(=O)CNC(=O)[C@H](CO)NC(=O)[C@H](CC(C)C)NC(=O)[C@@H](NC(=O)[C@H](CCSC)NC(=O)CNC(=O)[C@H](Cc1ccc(O)cc1)NC(=O)[C@@H](N)CCCCN)[C@@H](C)O)[C@@H](C)O)C(=O)N[C@@H](Cc1ccc(O)cc1)C(=O)N[C@@H](CO)C(=O)N[C@@H](C)C(=O)N[C@@H](CC(C)C)C(=O)O. The molecule has 0 aliphatic carbocycles. The second kappa shape index (κ2) is 62.5. The van der Waals surface area contributed by atoms with Gasteiger partial charge < -0.3 is 158 Å². The molecule has 0 saturated carbocycles. The Morgan fingerprint density at radius 2 is 0.845 bits per heavy atom. The lowest BCUT2D eigenvalue weighted by molar-refractivity contribution is -0.143. The van der Waals surface area contributed by atoms with Crippen LogP contribution in [-0.2, 0) is 110 Å². The molecule has 1 saturated heterocycles. The van der Waals surface area contributed by atoms with Gasteiger partial charge in [0, 0.05) is 37.7 Å². The number of nitrogens with zero attached hydrogens (tertiary/aromatic N) is 2. The highest BCUT2D eigenvalue weighted by Crippen LogP contribution is 2.22. The van der Waals surface area contributed by atoms with Crippen molar-refractivity contribution in [3.05, 3.63) is 77.9 Å². The molecule has 18 amide bonds. The molecule has 0 unspecified atom stereocenters. The van der Waals surface area contributed by atoms with Crippen molar-refractivity contribution in [2.75, 3.05) is 64.6 Å². The number of nitrogens with two attached hydrogens (primary N) is 3. The van der Waals surface area contributed by atoms with Crippen LogP contribution in [0.4, 0.5) is 0 Å². The predicted molar refractivity (Wildman–Crippen MR) is 514 cm³/mol. The van der Waals surface area contributed by atoms with Crippen molar-refractivity contribution in [2.24, 2.45) is 35.0 Å². The number of nitrogens with one attached hydrogen (secondary N) is 18. The normalized spacial score (nSPS) is 16.4. The first-order chi connectivity index (χ1) is 67.1. The number of likely N-dealkylation sites (tertiary alicyclic amines) is 1. The Balaban J connectivity index is 1.42. The molecule has 4 rings (SSSR count). The van der Waals surface area contributed by atoms with Gasteiger partial charge in [0.2, 0.25) is 106 Å². The number of aromatic nitrogens is 2. The topological polar surface area (TPSA) is 801 Å². The zero-order valence-corrected chi connectivity index (χ0v) is 82.6. The fraction of sp³-hybridized carbons (Fsp3) is 0.626. The van der Waals surface area contributed by atoms with Gasteiger partial charge in [0.1, 0.15) is 108 Å². The number of aromatic hydroxyl groups is 2. The number of thioether (sulfide) groups is 1. The third kappa shape index (κ3) is 41.8. The second-order valence-corrected chi connectivity index (χ2v) is 36.8. The van der Waals surface area contributed by atoms with Crippen LogP contribution in [0.1, 0.15) is 163 Å². The average Bonchev–Trinajstić information content (AvgIpc) is 1.65. The summed E-state index contributed by atoms with van der Waals surface area (Å²) < 4.78 is 0. The van der Waals surface area contributed by atoms with E-state index in [2.05, 4.69) is 100 Å². The van der Waals surface area contributed by atoms with E-state index in [1.807, 2.05) is 0 Å². The van der Waals surface area contributed by atoms with E-state index < -0.39 is 266 Å². The number of carbonyl (C=O) groups is 19. The van der Waals surface area contributed by atoms with E-state index in [1.165, 1.54) is 86.7 Å². The minimum absolute atomic E-state index is 0.00606. The van der Waals surface area contributed by atoms with Gasteiger partial charge in [0.15, 0.2) is 0 Å². The number of imidazole rings is 1. The molecule has 792 valence electrons. The van der Waals surface area contributed by atoms with Crippen molar-refractivity contribution in [1.82, 2.24) is 105 Å². The number of aliphatic hydroxyl groups excluding tert-OH is 5. The van der Waals surface area contributed by atoms with Crippen LogP contribution in [0.3, 0.4) is 0 Å². The standard InChI is InChI=1S/C91H145N23O27S/c1-12-48(6)72(87(136)106-63(37-54-23-27-57(121)28-24-54)83(132)109-67(43-116)85(134)99-49(7)76(125)107-65(91(140)141)35-47(4)5)112-84(133)64(38-55-39-95-45-98-55)103-75(124)50(8)100-86(135)69-20-17-32-114(69)90(139)68(44-117)110-80(129)59(19-14-16-31-93)102-88(137)73(51(9)118)111-71(123)41-97-79(128)66(42-115)108-82(131)61(34-46(2)3)105-89(138)74(52(10)119)113-81(130)60(29-33-142-11)101-70(122)40-96-78(127)62(36-53-21-25-56(120)26-22-53)104-77(126)58(94)18-13-15-30-92/h21-28,39,45-52,58-69,72-74,115-121H,12-20,29-38,40-44,92-94H2,1-11H3,(H,95,98)(H,96,127)(H,97,128)(H,99,134)(H,100,135)(H,101,122)(H,102,137)(H,103,124)(H,104,126)(H,105,138)(H,106,136)(H,107,125)(H,108,131)(H,109,132)(H,110,129)(H,111,123)(H,112,133)(H,113,130)(H,140,141)/t48-,49-,50-,51+,52+,58-,59-,60-,61-,62-,63-,64-,65-,66-,67-,68-,69-,72-,73-,74-/m0/s1. The minimum Gasteiger partial charge on any atom is -0.508 e. The summed E-state index contributed by atoms with van der Waals surface area (Å²) >= 11 is 1.29. The van der Waals surface area contributed by atoms with Gasteiger partial charge in [-0.3, -0.25) is 86.3 Å². The Hall–Kier alpha value is -12.8. The highest BCUT2D eigenvalue weighted by atomic mass is 32.2. The van der Waals surface area contributed by atoms with Crippen LogP contribution in [0.15, 0.2) is 61.1 Å². The first-order valence-corrected chi connectivity index (χ1v) is 48.5. The van der Waals surface area contributed by atoms with Crippen molar-refractivity contribution in [3.8, 4) is 11.5 Å². The van der Waals surface area contributed by atoms with Gasteiger partial charge >= 0.3 is 5.97 Å². The number of carboxylic acids is 1. The molecular formula is C91H145N23O27S. The number of aromatic amines is 1. The van der Waals surface area contributed by atoms with Gasteiger partial charge in [-0.2, -0.15) is 11.8 Å². The van der Waals surface area contributed by atoms with Crippen molar-refractivity contribution >= 4 is 124 Å². The number of rotatable bonds is 64. The molecular weight excluding hydrogens is 1880 g/mol. The Bertz CT molecular complexity index is 4660. The first kappa shape index (κ1) is 122. The van der Waals surface area contributed by atoms with Crippen molar-refractivity contribution in [3.63, 3.8) is 0 Å². The fourth-order valence-electron chi connectivity index (χ4n) is 14.7. The van der Waals surface area contributed by atoms with Crippen molar-refractivity contribution in [1.29, 1.82) is 0 Å². The van der Waals surface area contributed by atoms with Gasteiger partial charge in [-0.25, -0.2) is 9.78 Å². The Kier molecular flexibility index (Phi) is 53.5. The summed E-state index contributed by atoms with van der Waals surface area (Å²) in [5.41, 5.74) is 18.6. The van der Waals surface area contributed by atoms with E-state index >= 15 is 0 Å². The van der Waals surface area contributed by atoms with Gasteiger partial charge in [0.25, 0.3) is 0 Å². The third-order valence-corrected chi connectivity index (χ3v) is 23.6. The summed E-state index contributed by atoms with van der Waals surface area (Å²) in [7, 11) is 0. The molecule has 2 aromatic carbocycles. The molecule has 0 bridgehead atoms. The number of aliphatic hydroxyl groups is 5. The van der Waals surface area contributed by atoms with Crippen LogP contribution >= 0.6 is 11.8 Å². The first-order valence-electron chi connectivity index (χ1n) is 47.1. The fourth-order valence-corrected chi connectivity index (χ4v) is 15.1. The molecule has 2 heterocycles. The lowest BCUT2D eigenvalue weighted by Crippen LogP contribution is -2.62. The number of hydrogen-bond acceptors (Lipinski definition) is 31. The number of unbranched alkanes of at least 4 members (excludes halogenated alkanes) is 2. The van der Waals surface area contributed by atoms with Crippen molar-refractivity contribution < 1.29 is 132 Å². The van der Waals surface area contributed by atoms with Gasteiger partial charge in [-0.05, 0) is 170 Å². The molecule has 32 N–H and O–H groups in total. The Morgan fingerprint density at radius 3 is 1.35 bits per heavy atom. The number of aliphatic carboxylic acids is 1. The molecule has 1 aromatic heterocycles. The monoisotopic (exact) mass is 2020 g/mol. The van der Waals surface area contributed by atoms with E-state index in [0.717, 1.165) is 18.7 Å². The highest BCUT2D eigenvalue weighted by Gasteiger charge is 2.43. The molecule has 1 aliphatic rings. The number of phenolic OH excluding ortho intramolecular Hbond substituents is 2. The van der Waals surface area contributed by atoms with Gasteiger partial charge in [0.05, 0.1) is 57.5 Å². The molecule has 20 atom stereocenters. The summed E-state index contributed by atoms with van der Waals surface area (Å²) in [6.45, 7) is 10.3. The number of carboxylic acid groups (broad SMARTS) is 1. The number of phenols is 2. The van der Waals surface area contributed by atoms with E-state index in [4.69, 9.17) is 17.2 Å². The summed E-state index contributed by atoms with van der Waals surface area (Å²) in [6, 6.07) is -14.7. The Morgan fingerprint density at radius 1 is 0.444 bits per heavy atom. The number of carbonyl (C=O) groups excluding carboxylic acids is 18. The smallest absolute Gasteiger partial charge is 0.326 e. The van der Waals surface area contributed by atoms with Crippen LogP contribution in [0, 0.1) is 17.8 Å². The van der Waals surface area contributed by atoms with E-state index in [-0.39, 0.29) is 126 Å².